The van der Waals surface area contributed by atoms with Crippen molar-refractivity contribution in [2.24, 2.45) is 17.3 Å². The highest BCUT2D eigenvalue weighted by Crippen LogP contribution is 2.64. The number of esters is 1. The Morgan fingerprint density at radius 3 is 2.26 bits per heavy atom. The van der Waals surface area contributed by atoms with Crippen LogP contribution in [0.3, 0.4) is 0 Å². The number of alkyl halides is 1. The number of nitrogens with one attached hydrogen (secondary N) is 1. The van der Waals surface area contributed by atoms with E-state index in [2.05, 4.69) is 5.32 Å². The van der Waals surface area contributed by atoms with Crippen LogP contribution in [0.5, 0.6) is 0 Å². The number of aryl methyl sites for hydroxylation is 3. The summed E-state index contributed by atoms with van der Waals surface area (Å²) in [7, 11) is 0. The number of halogens is 1. The van der Waals surface area contributed by atoms with Crippen molar-refractivity contribution in [1.29, 1.82) is 0 Å². The van der Waals surface area contributed by atoms with E-state index >= 15 is 0 Å². The van der Waals surface area contributed by atoms with E-state index in [4.69, 9.17) is 16.3 Å². The number of benzene rings is 1. The molecule has 0 aliphatic heterocycles. The molecule has 146 valence electrons. The van der Waals surface area contributed by atoms with Crippen LogP contribution in [0.4, 0.5) is 5.69 Å². The van der Waals surface area contributed by atoms with Crippen molar-refractivity contribution < 1.29 is 14.3 Å². The van der Waals surface area contributed by atoms with Gasteiger partial charge in [-0.15, -0.1) is 11.6 Å². The molecule has 1 aromatic carbocycles. The standard InChI is InChI=1S/C22H28ClNO3/c1-13-4-14(2)19(15(3)5-13)24-18(25)11-27-20(26)21-7-16-6-17(8-21)10-22(23,9-16)12-21/h4-5,16-17H,6-12H2,1-3H3,(H,24,25)/t16-,17+,21?,22?. The predicted molar refractivity (Wildman–Crippen MR) is 106 cm³/mol. The molecule has 1 amide bonds. The number of hydrogen-bond donors (Lipinski definition) is 1. The van der Waals surface area contributed by atoms with Crippen molar-refractivity contribution in [2.45, 2.75) is 64.2 Å². The molecular weight excluding hydrogens is 362 g/mol. The van der Waals surface area contributed by atoms with Crippen molar-refractivity contribution >= 4 is 29.2 Å². The fourth-order valence-electron chi connectivity index (χ4n) is 6.23. The fourth-order valence-corrected chi connectivity index (χ4v) is 6.92. The fraction of sp³-hybridized carbons (Fsp3) is 0.636. The summed E-state index contributed by atoms with van der Waals surface area (Å²) in [6, 6.07) is 4.06. The summed E-state index contributed by atoms with van der Waals surface area (Å²) in [5, 5.41) is 2.90. The quantitative estimate of drug-likeness (QED) is 0.601. The number of ether oxygens (including phenoxy) is 1. The van der Waals surface area contributed by atoms with Gasteiger partial charge in [-0.3, -0.25) is 9.59 Å². The van der Waals surface area contributed by atoms with Crippen LogP contribution in [0.2, 0.25) is 0 Å². The molecule has 27 heavy (non-hydrogen) atoms. The maximum absolute atomic E-state index is 12.9. The second kappa shape index (κ2) is 6.51. The first-order chi connectivity index (χ1) is 12.7. The lowest BCUT2D eigenvalue weighted by Crippen LogP contribution is -2.56. The Morgan fingerprint density at radius 1 is 1.11 bits per heavy atom. The molecule has 4 bridgehead atoms. The van der Waals surface area contributed by atoms with Crippen LogP contribution in [0.1, 0.15) is 55.2 Å². The third-order valence-corrected chi connectivity index (χ3v) is 7.14. The molecule has 0 spiro atoms. The average Bonchev–Trinajstić information content (AvgIpc) is 2.53. The highest BCUT2D eigenvalue weighted by molar-refractivity contribution is 6.24. The topological polar surface area (TPSA) is 55.4 Å². The Bertz CT molecular complexity index is 766. The summed E-state index contributed by atoms with van der Waals surface area (Å²) in [5.41, 5.74) is 3.51. The summed E-state index contributed by atoms with van der Waals surface area (Å²) < 4.78 is 5.50. The second-order valence-electron chi connectivity index (χ2n) is 9.29. The van der Waals surface area contributed by atoms with Crippen molar-refractivity contribution in [3.63, 3.8) is 0 Å². The van der Waals surface area contributed by atoms with E-state index in [0.717, 1.165) is 48.1 Å². The third kappa shape index (κ3) is 3.49. The van der Waals surface area contributed by atoms with Crippen LogP contribution in [0.15, 0.2) is 12.1 Å². The monoisotopic (exact) mass is 389 g/mol. The molecule has 0 radical (unpaired) electrons. The van der Waals surface area contributed by atoms with Gasteiger partial charge in [-0.1, -0.05) is 17.7 Å². The van der Waals surface area contributed by atoms with Crippen LogP contribution in [-0.2, 0) is 14.3 Å². The SMILES string of the molecule is Cc1cc(C)c(NC(=O)COC(=O)C23C[C@@H]4C[C@@H](CC(Cl)(C4)C2)C3)c(C)c1. The normalized spacial score (nSPS) is 33.8. The van der Waals surface area contributed by atoms with E-state index in [-0.39, 0.29) is 23.4 Å². The minimum absolute atomic E-state index is 0.228. The highest BCUT2D eigenvalue weighted by Gasteiger charge is 2.60. The van der Waals surface area contributed by atoms with E-state index in [0.29, 0.717) is 18.3 Å². The Labute approximate surface area is 166 Å². The Kier molecular flexibility index (Phi) is 4.53. The smallest absolute Gasteiger partial charge is 0.312 e. The van der Waals surface area contributed by atoms with Crippen molar-refractivity contribution in [1.82, 2.24) is 0 Å². The second-order valence-corrected chi connectivity index (χ2v) is 10.1. The zero-order valence-corrected chi connectivity index (χ0v) is 17.1. The van der Waals surface area contributed by atoms with Gasteiger partial charge in [-0.2, -0.15) is 0 Å². The lowest BCUT2D eigenvalue weighted by Gasteiger charge is -2.58. The molecule has 4 aliphatic rings. The summed E-state index contributed by atoms with van der Waals surface area (Å²) in [6.45, 7) is 5.73. The number of carbonyl (C=O) groups excluding carboxylic acids is 2. The third-order valence-electron chi connectivity index (χ3n) is 6.70. The number of amides is 1. The van der Waals surface area contributed by atoms with Crippen molar-refractivity contribution in [3.05, 3.63) is 28.8 Å². The number of anilines is 1. The maximum Gasteiger partial charge on any atom is 0.312 e. The molecule has 4 atom stereocenters. The molecule has 5 heteroatoms. The first kappa shape index (κ1) is 18.8. The Hall–Kier alpha value is -1.55. The van der Waals surface area contributed by atoms with Gasteiger partial charge < -0.3 is 10.1 Å². The van der Waals surface area contributed by atoms with Gasteiger partial charge in [0.25, 0.3) is 5.91 Å². The van der Waals surface area contributed by atoms with Crippen LogP contribution in [-0.4, -0.2) is 23.4 Å². The van der Waals surface area contributed by atoms with E-state index in [1.807, 2.05) is 32.9 Å². The van der Waals surface area contributed by atoms with Gasteiger partial charge in [0.2, 0.25) is 0 Å². The zero-order chi connectivity index (χ0) is 19.4. The van der Waals surface area contributed by atoms with E-state index in [1.165, 1.54) is 6.42 Å². The lowest BCUT2D eigenvalue weighted by molar-refractivity contribution is -0.171. The molecule has 5 rings (SSSR count). The molecule has 0 saturated heterocycles. The first-order valence-corrected chi connectivity index (χ1v) is 10.3. The molecular formula is C22H28ClNO3. The molecule has 1 aromatic rings. The van der Waals surface area contributed by atoms with E-state index in [9.17, 15) is 9.59 Å². The molecule has 4 saturated carbocycles. The molecule has 0 aromatic heterocycles. The minimum Gasteiger partial charge on any atom is -0.455 e. The summed E-state index contributed by atoms with van der Waals surface area (Å²) in [4.78, 5) is 25.1. The van der Waals surface area contributed by atoms with Crippen LogP contribution in [0.25, 0.3) is 0 Å². The zero-order valence-electron chi connectivity index (χ0n) is 16.4. The van der Waals surface area contributed by atoms with E-state index in [1.54, 1.807) is 0 Å². The average molecular weight is 390 g/mol. The predicted octanol–water partition coefficient (Wildman–Crippen LogP) is 4.67. The molecule has 4 nitrogen and oxygen atoms in total. The van der Waals surface area contributed by atoms with Crippen molar-refractivity contribution in [2.75, 3.05) is 11.9 Å². The van der Waals surface area contributed by atoms with E-state index < -0.39 is 5.41 Å². The van der Waals surface area contributed by atoms with Gasteiger partial charge in [0.1, 0.15) is 0 Å². The van der Waals surface area contributed by atoms with Gasteiger partial charge in [0.05, 0.1) is 5.41 Å². The van der Waals surface area contributed by atoms with Crippen LogP contribution < -0.4 is 5.32 Å². The summed E-state index contributed by atoms with van der Waals surface area (Å²) >= 11 is 6.80. The van der Waals surface area contributed by atoms with Gasteiger partial charge in [-0.25, -0.2) is 0 Å². The number of hydrogen-bond acceptors (Lipinski definition) is 3. The highest BCUT2D eigenvalue weighted by atomic mass is 35.5. The van der Waals surface area contributed by atoms with Gasteiger partial charge in [-0.05, 0) is 82.3 Å². The summed E-state index contributed by atoms with van der Waals surface area (Å²) in [5.74, 6) is 0.545. The molecule has 2 unspecified atom stereocenters. The summed E-state index contributed by atoms with van der Waals surface area (Å²) in [6.07, 6.45) is 5.67. The van der Waals surface area contributed by atoms with Crippen LogP contribution in [0, 0.1) is 38.0 Å². The largest absolute Gasteiger partial charge is 0.455 e. The lowest BCUT2D eigenvalue weighted by atomic mass is 9.49. The molecule has 0 heterocycles. The molecule has 4 aliphatic carbocycles. The van der Waals surface area contributed by atoms with Crippen molar-refractivity contribution in [3.8, 4) is 0 Å². The minimum atomic E-state index is -0.470. The Morgan fingerprint density at radius 2 is 1.70 bits per heavy atom. The molecule has 4 fully saturated rings. The maximum atomic E-state index is 12.9. The van der Waals surface area contributed by atoms with Gasteiger partial charge >= 0.3 is 5.97 Å². The Balaban J connectivity index is 1.39. The van der Waals surface area contributed by atoms with Gasteiger partial charge in [0, 0.05) is 10.6 Å². The van der Waals surface area contributed by atoms with Gasteiger partial charge in [0.15, 0.2) is 6.61 Å². The molecule has 1 N–H and O–H groups in total. The van der Waals surface area contributed by atoms with Crippen LogP contribution >= 0.6 is 11.6 Å². The number of carbonyl (C=O) groups is 2. The first-order valence-electron chi connectivity index (χ1n) is 9.92. The number of rotatable bonds is 4.